The molecule has 1 heterocycles. The van der Waals surface area contributed by atoms with Crippen LogP contribution in [0, 0.1) is 17.8 Å². The first kappa shape index (κ1) is 13.4. The maximum Gasteiger partial charge on any atom is 0.225 e. The zero-order chi connectivity index (χ0) is 13.1. The zero-order valence-corrected chi connectivity index (χ0v) is 11.4. The Morgan fingerprint density at radius 3 is 2.50 bits per heavy atom. The molecular formula is C14H24N2O2. The first-order valence-electron chi connectivity index (χ1n) is 7.11. The fourth-order valence-electron chi connectivity index (χ4n) is 3.14. The van der Waals surface area contributed by atoms with Crippen LogP contribution in [0.2, 0.25) is 0 Å². The van der Waals surface area contributed by atoms with Gasteiger partial charge in [-0.1, -0.05) is 19.0 Å². The molecule has 1 atom stereocenters. The lowest BCUT2D eigenvalue weighted by atomic mass is 9.82. The molecule has 4 heteroatoms. The van der Waals surface area contributed by atoms with E-state index in [1.54, 1.807) is 0 Å². The van der Waals surface area contributed by atoms with Crippen molar-refractivity contribution < 1.29 is 10.0 Å². The molecule has 0 aromatic rings. The summed E-state index contributed by atoms with van der Waals surface area (Å²) in [5.41, 5.74) is 0.830. The molecule has 1 aliphatic carbocycles. The van der Waals surface area contributed by atoms with E-state index in [1.807, 2.05) is 11.8 Å². The summed E-state index contributed by atoms with van der Waals surface area (Å²) in [6.45, 7) is 5.73. The van der Waals surface area contributed by atoms with Gasteiger partial charge >= 0.3 is 0 Å². The number of carbonyl (C=O) groups excluding carboxylic acids is 1. The first-order valence-corrected chi connectivity index (χ1v) is 7.11. The van der Waals surface area contributed by atoms with Crippen molar-refractivity contribution >= 4 is 11.6 Å². The highest BCUT2D eigenvalue weighted by Crippen LogP contribution is 2.30. The van der Waals surface area contributed by atoms with Gasteiger partial charge in [0.05, 0.1) is 5.71 Å². The van der Waals surface area contributed by atoms with Gasteiger partial charge < -0.3 is 10.1 Å². The summed E-state index contributed by atoms with van der Waals surface area (Å²) in [6.07, 6.45) is 5.18. The third-order valence-corrected chi connectivity index (χ3v) is 4.51. The van der Waals surface area contributed by atoms with Crippen molar-refractivity contribution in [2.75, 3.05) is 13.1 Å². The molecule has 1 aliphatic heterocycles. The smallest absolute Gasteiger partial charge is 0.225 e. The molecule has 0 bridgehead atoms. The Labute approximate surface area is 109 Å². The maximum atomic E-state index is 12.4. The summed E-state index contributed by atoms with van der Waals surface area (Å²) in [5.74, 6) is 1.53. The molecule has 2 aliphatic rings. The fraction of sp³-hybridized carbons (Fsp3) is 0.857. The Morgan fingerprint density at radius 1 is 1.28 bits per heavy atom. The van der Waals surface area contributed by atoms with Crippen LogP contribution in [-0.2, 0) is 4.79 Å². The minimum absolute atomic E-state index is 0.190. The van der Waals surface area contributed by atoms with E-state index < -0.39 is 0 Å². The molecule has 0 spiro atoms. The molecule has 1 N–H and O–H groups in total. The molecule has 102 valence electrons. The Balaban J connectivity index is 1.90. The number of likely N-dealkylation sites (tertiary alicyclic amines) is 1. The maximum absolute atomic E-state index is 12.4. The average Bonchev–Trinajstić information content (AvgIpc) is 2.38. The standard InChI is InChI=1S/C14H24N2O2/c1-10-3-5-12(6-4-10)14(17)16-8-7-13(15-18)11(2)9-16/h10-12,18H,3-9H2,1-2H3. The number of rotatable bonds is 1. The lowest BCUT2D eigenvalue weighted by molar-refractivity contribution is -0.137. The molecule has 4 nitrogen and oxygen atoms in total. The average molecular weight is 252 g/mol. The van der Waals surface area contributed by atoms with Gasteiger partial charge in [-0.3, -0.25) is 4.79 Å². The van der Waals surface area contributed by atoms with Crippen molar-refractivity contribution in [2.24, 2.45) is 22.9 Å². The largest absolute Gasteiger partial charge is 0.411 e. The molecule has 0 radical (unpaired) electrons. The van der Waals surface area contributed by atoms with E-state index in [4.69, 9.17) is 5.21 Å². The molecule has 1 saturated carbocycles. The van der Waals surface area contributed by atoms with Gasteiger partial charge in [-0.2, -0.15) is 0 Å². The van der Waals surface area contributed by atoms with E-state index in [0.29, 0.717) is 25.4 Å². The number of oxime groups is 1. The molecule has 18 heavy (non-hydrogen) atoms. The zero-order valence-electron chi connectivity index (χ0n) is 11.4. The summed E-state index contributed by atoms with van der Waals surface area (Å²) < 4.78 is 0. The molecule has 1 amide bonds. The van der Waals surface area contributed by atoms with Gasteiger partial charge in [0.15, 0.2) is 0 Å². The highest BCUT2D eigenvalue weighted by atomic mass is 16.4. The quantitative estimate of drug-likeness (QED) is 0.576. The summed E-state index contributed by atoms with van der Waals surface area (Å²) in [6, 6.07) is 0. The molecule has 2 fully saturated rings. The van der Waals surface area contributed by atoms with E-state index in [2.05, 4.69) is 12.1 Å². The van der Waals surface area contributed by atoms with Crippen LogP contribution < -0.4 is 0 Å². The summed E-state index contributed by atoms with van der Waals surface area (Å²) in [4.78, 5) is 14.4. The van der Waals surface area contributed by atoms with E-state index >= 15 is 0 Å². The SMILES string of the molecule is CC1CCC(C(=O)N2CCC(=NO)C(C)C2)CC1. The summed E-state index contributed by atoms with van der Waals surface area (Å²) in [7, 11) is 0. The number of amides is 1. The van der Waals surface area contributed by atoms with Crippen molar-refractivity contribution in [3.05, 3.63) is 0 Å². The van der Waals surface area contributed by atoms with Crippen LogP contribution in [0.1, 0.15) is 46.0 Å². The Morgan fingerprint density at radius 2 is 1.94 bits per heavy atom. The first-order chi connectivity index (χ1) is 8.61. The van der Waals surface area contributed by atoms with Crippen LogP contribution >= 0.6 is 0 Å². The lowest BCUT2D eigenvalue weighted by Gasteiger charge is -2.35. The summed E-state index contributed by atoms with van der Waals surface area (Å²) in [5, 5.41) is 12.2. The molecule has 0 aromatic carbocycles. The van der Waals surface area contributed by atoms with Crippen molar-refractivity contribution in [1.29, 1.82) is 0 Å². The minimum atomic E-state index is 0.190. The Kier molecular flexibility index (Phi) is 4.25. The van der Waals surface area contributed by atoms with Crippen molar-refractivity contribution in [1.82, 2.24) is 4.90 Å². The normalized spacial score (nSPS) is 35.8. The second kappa shape index (κ2) is 5.72. The lowest BCUT2D eigenvalue weighted by Crippen LogP contribution is -2.46. The van der Waals surface area contributed by atoms with Gasteiger partial charge in [-0.05, 0) is 31.6 Å². The second-order valence-electron chi connectivity index (χ2n) is 5.98. The number of hydrogen-bond acceptors (Lipinski definition) is 3. The number of nitrogens with zero attached hydrogens (tertiary/aromatic N) is 2. The van der Waals surface area contributed by atoms with Crippen molar-refractivity contribution in [3.63, 3.8) is 0 Å². The van der Waals surface area contributed by atoms with Crippen LogP contribution in [0.5, 0.6) is 0 Å². The van der Waals surface area contributed by atoms with E-state index in [9.17, 15) is 4.79 Å². The highest BCUT2D eigenvalue weighted by Gasteiger charge is 2.31. The third-order valence-electron chi connectivity index (χ3n) is 4.51. The molecule has 0 aromatic heterocycles. The van der Waals surface area contributed by atoms with Crippen LogP contribution in [0.25, 0.3) is 0 Å². The molecule has 1 saturated heterocycles. The van der Waals surface area contributed by atoms with E-state index in [0.717, 1.165) is 24.5 Å². The Hall–Kier alpha value is -1.06. The van der Waals surface area contributed by atoms with Gasteiger partial charge in [0.1, 0.15) is 0 Å². The summed E-state index contributed by atoms with van der Waals surface area (Å²) >= 11 is 0. The van der Waals surface area contributed by atoms with Crippen LogP contribution in [0.3, 0.4) is 0 Å². The van der Waals surface area contributed by atoms with Crippen LogP contribution in [-0.4, -0.2) is 34.8 Å². The monoisotopic (exact) mass is 252 g/mol. The second-order valence-corrected chi connectivity index (χ2v) is 5.98. The predicted molar refractivity (Wildman–Crippen MR) is 70.7 cm³/mol. The third kappa shape index (κ3) is 2.85. The van der Waals surface area contributed by atoms with Gasteiger partial charge in [-0.25, -0.2) is 0 Å². The fourth-order valence-corrected chi connectivity index (χ4v) is 3.14. The number of hydrogen-bond donors (Lipinski definition) is 1. The van der Waals surface area contributed by atoms with Crippen LogP contribution in [0.4, 0.5) is 0 Å². The number of carbonyl (C=O) groups is 1. The van der Waals surface area contributed by atoms with E-state index in [-0.39, 0.29) is 11.8 Å². The van der Waals surface area contributed by atoms with Crippen LogP contribution in [0.15, 0.2) is 5.16 Å². The topological polar surface area (TPSA) is 52.9 Å². The van der Waals surface area contributed by atoms with Gasteiger partial charge in [0, 0.05) is 31.3 Å². The van der Waals surface area contributed by atoms with E-state index in [1.165, 1.54) is 12.8 Å². The van der Waals surface area contributed by atoms with Gasteiger partial charge in [-0.15, -0.1) is 0 Å². The van der Waals surface area contributed by atoms with Gasteiger partial charge in [0.2, 0.25) is 5.91 Å². The molecule has 1 unspecified atom stereocenters. The highest BCUT2D eigenvalue weighted by molar-refractivity contribution is 5.89. The van der Waals surface area contributed by atoms with Crippen molar-refractivity contribution in [2.45, 2.75) is 46.0 Å². The van der Waals surface area contributed by atoms with Gasteiger partial charge in [0.25, 0.3) is 0 Å². The predicted octanol–water partition coefficient (Wildman–Crippen LogP) is 2.51. The molecule has 2 rings (SSSR count). The number of piperidine rings is 1. The molecular weight excluding hydrogens is 228 g/mol. The minimum Gasteiger partial charge on any atom is -0.411 e. The van der Waals surface area contributed by atoms with Crippen molar-refractivity contribution in [3.8, 4) is 0 Å². The Bertz CT molecular complexity index is 333.